The Morgan fingerprint density at radius 3 is 2.88 bits per heavy atom. The molecule has 3 heterocycles. The number of hydrogen-bond acceptors (Lipinski definition) is 8. The van der Waals surface area contributed by atoms with Crippen LogP contribution in [0.1, 0.15) is 12.8 Å². The van der Waals surface area contributed by atoms with E-state index in [2.05, 4.69) is 15.3 Å². The molecule has 164 valence electrons. The Morgan fingerprint density at radius 2 is 2.03 bits per heavy atom. The van der Waals surface area contributed by atoms with Crippen molar-refractivity contribution in [2.45, 2.75) is 23.8 Å². The van der Waals surface area contributed by atoms with Crippen LogP contribution in [0.25, 0.3) is 21.1 Å². The number of methoxy groups -OCH3 is 1. The summed E-state index contributed by atoms with van der Waals surface area (Å²) in [6.45, 7) is 0.284. The lowest BCUT2D eigenvalue weighted by Gasteiger charge is -2.22. The summed E-state index contributed by atoms with van der Waals surface area (Å²) in [5.74, 6) is -0.534. The van der Waals surface area contributed by atoms with Gasteiger partial charge < -0.3 is 10.1 Å². The van der Waals surface area contributed by atoms with Crippen molar-refractivity contribution in [3.63, 3.8) is 0 Å². The fourth-order valence-electron chi connectivity index (χ4n) is 4.02. The zero-order chi connectivity index (χ0) is 22.3. The minimum atomic E-state index is -3.88. The highest BCUT2D eigenvalue weighted by Crippen LogP contribution is 2.32. The normalized spacial score (nSPS) is 17.1. The first kappa shape index (κ1) is 20.8. The van der Waals surface area contributed by atoms with Crippen LogP contribution in [0.5, 0.6) is 0 Å². The van der Waals surface area contributed by atoms with E-state index in [1.807, 2.05) is 18.2 Å². The highest BCUT2D eigenvalue weighted by Gasteiger charge is 2.40. The van der Waals surface area contributed by atoms with Crippen molar-refractivity contribution in [3.8, 4) is 0 Å². The van der Waals surface area contributed by atoms with Gasteiger partial charge in [0, 0.05) is 29.5 Å². The number of hydrogen-bond donors (Lipinski definition) is 1. The summed E-state index contributed by atoms with van der Waals surface area (Å²) < 4.78 is 33.9. The number of ether oxygens (including phenoxy) is 1. The smallest absolute Gasteiger partial charge is 0.324 e. The average Bonchev–Trinajstić information content (AvgIpc) is 3.48. The molecular formula is C22H20N4O4S2. The van der Waals surface area contributed by atoms with Gasteiger partial charge in [0.1, 0.15) is 6.04 Å². The standard InChI is InChI=1S/C22H20N4O4S2/c1-30-22(27)20-3-2-10-26(20)32(28,29)15-5-6-17-16(12-15)18(8-9-23-17)25-14-4-7-21-19(11-14)24-13-31-21/h4-9,11-13,20H,2-3,10H2,1H3,(H,23,25). The van der Waals surface area contributed by atoms with Crippen molar-refractivity contribution in [3.05, 3.63) is 54.2 Å². The molecule has 1 saturated heterocycles. The molecule has 1 atom stereocenters. The van der Waals surface area contributed by atoms with E-state index in [0.29, 0.717) is 23.7 Å². The maximum Gasteiger partial charge on any atom is 0.324 e. The third kappa shape index (κ3) is 3.60. The maximum atomic E-state index is 13.4. The van der Waals surface area contributed by atoms with Crippen molar-refractivity contribution in [2.24, 2.45) is 0 Å². The van der Waals surface area contributed by atoms with E-state index in [1.54, 1.807) is 41.2 Å². The first-order valence-corrected chi connectivity index (χ1v) is 12.4. The monoisotopic (exact) mass is 468 g/mol. The Labute approximate surface area is 188 Å². The third-order valence-corrected chi connectivity index (χ3v) is 8.32. The molecule has 0 amide bonds. The average molecular weight is 469 g/mol. The number of carbonyl (C=O) groups is 1. The van der Waals surface area contributed by atoms with Gasteiger partial charge in [-0.2, -0.15) is 4.31 Å². The van der Waals surface area contributed by atoms with Gasteiger partial charge in [0.2, 0.25) is 10.0 Å². The third-order valence-electron chi connectivity index (χ3n) is 5.61. The zero-order valence-corrected chi connectivity index (χ0v) is 18.8. The van der Waals surface area contributed by atoms with Crippen molar-refractivity contribution in [1.82, 2.24) is 14.3 Å². The molecule has 5 rings (SSSR count). The number of nitrogens with one attached hydrogen (secondary N) is 1. The van der Waals surface area contributed by atoms with E-state index in [1.165, 1.54) is 17.5 Å². The van der Waals surface area contributed by atoms with Crippen LogP contribution < -0.4 is 5.32 Å². The Balaban J connectivity index is 1.54. The second-order valence-electron chi connectivity index (χ2n) is 7.49. The van der Waals surface area contributed by atoms with Crippen molar-refractivity contribution in [1.29, 1.82) is 0 Å². The summed E-state index contributed by atoms with van der Waals surface area (Å²) in [6.07, 6.45) is 2.74. The van der Waals surface area contributed by atoms with E-state index in [9.17, 15) is 13.2 Å². The second-order valence-corrected chi connectivity index (χ2v) is 10.3. The second kappa shape index (κ2) is 8.12. The van der Waals surface area contributed by atoms with E-state index >= 15 is 0 Å². The number of thiazole rings is 1. The van der Waals surface area contributed by atoms with Gasteiger partial charge in [-0.05, 0) is 55.3 Å². The summed E-state index contributed by atoms with van der Waals surface area (Å²) in [6, 6.07) is 11.7. The summed E-state index contributed by atoms with van der Waals surface area (Å²) in [5, 5.41) is 4.02. The first-order valence-electron chi connectivity index (χ1n) is 10.1. The summed E-state index contributed by atoms with van der Waals surface area (Å²) in [5.41, 5.74) is 4.93. The molecule has 10 heteroatoms. The van der Waals surface area contributed by atoms with Crippen LogP contribution in [0.2, 0.25) is 0 Å². The van der Waals surface area contributed by atoms with Crippen LogP contribution in [0.15, 0.2) is 59.1 Å². The number of nitrogens with zero attached hydrogens (tertiary/aromatic N) is 3. The molecule has 1 aliphatic heterocycles. The molecule has 0 aliphatic carbocycles. The Bertz CT molecular complexity index is 1430. The molecule has 1 unspecified atom stereocenters. The lowest BCUT2D eigenvalue weighted by Crippen LogP contribution is -2.41. The molecule has 0 radical (unpaired) electrons. The minimum absolute atomic E-state index is 0.117. The summed E-state index contributed by atoms with van der Waals surface area (Å²) in [4.78, 5) is 20.9. The van der Waals surface area contributed by atoms with Gasteiger partial charge in [0.25, 0.3) is 0 Å². The lowest BCUT2D eigenvalue weighted by molar-refractivity contribution is -0.144. The molecule has 2 aromatic heterocycles. The number of fused-ring (bicyclic) bond motifs is 2. The van der Waals surface area contributed by atoms with Crippen LogP contribution in [-0.2, 0) is 19.6 Å². The molecule has 2 aromatic carbocycles. The van der Waals surface area contributed by atoms with Crippen LogP contribution in [0.3, 0.4) is 0 Å². The number of aromatic nitrogens is 2. The largest absolute Gasteiger partial charge is 0.468 e. The number of pyridine rings is 1. The van der Waals surface area contributed by atoms with Gasteiger partial charge in [0.05, 0.1) is 33.2 Å². The first-order chi connectivity index (χ1) is 15.5. The topological polar surface area (TPSA) is 101 Å². The molecule has 1 N–H and O–H groups in total. The summed E-state index contributed by atoms with van der Waals surface area (Å²) in [7, 11) is -2.61. The minimum Gasteiger partial charge on any atom is -0.468 e. The fourth-order valence-corrected chi connectivity index (χ4v) is 6.35. The van der Waals surface area contributed by atoms with Crippen LogP contribution in [-0.4, -0.2) is 48.4 Å². The van der Waals surface area contributed by atoms with Gasteiger partial charge in [-0.15, -0.1) is 11.3 Å². The molecule has 0 bridgehead atoms. The quantitative estimate of drug-likeness (QED) is 0.443. The van der Waals surface area contributed by atoms with E-state index in [-0.39, 0.29) is 11.4 Å². The molecule has 1 aliphatic rings. The van der Waals surface area contributed by atoms with Crippen molar-refractivity contribution < 1.29 is 17.9 Å². The lowest BCUT2D eigenvalue weighted by atomic mass is 10.2. The zero-order valence-electron chi connectivity index (χ0n) is 17.2. The number of rotatable bonds is 5. The summed E-state index contributed by atoms with van der Waals surface area (Å²) >= 11 is 1.57. The highest BCUT2D eigenvalue weighted by molar-refractivity contribution is 7.89. The van der Waals surface area contributed by atoms with Gasteiger partial charge in [-0.1, -0.05) is 0 Å². The predicted molar refractivity (Wildman–Crippen MR) is 124 cm³/mol. The van der Waals surface area contributed by atoms with E-state index in [0.717, 1.165) is 21.6 Å². The van der Waals surface area contributed by atoms with Gasteiger partial charge in [0.15, 0.2) is 0 Å². The van der Waals surface area contributed by atoms with Crippen LogP contribution in [0.4, 0.5) is 11.4 Å². The van der Waals surface area contributed by atoms with Crippen LogP contribution in [0, 0.1) is 0 Å². The number of anilines is 2. The molecular weight excluding hydrogens is 448 g/mol. The Morgan fingerprint density at radius 1 is 1.16 bits per heavy atom. The van der Waals surface area contributed by atoms with Gasteiger partial charge in [-0.3, -0.25) is 9.78 Å². The molecule has 32 heavy (non-hydrogen) atoms. The number of esters is 1. The van der Waals surface area contributed by atoms with E-state index in [4.69, 9.17) is 4.74 Å². The Kier molecular flexibility index (Phi) is 5.28. The molecule has 8 nitrogen and oxygen atoms in total. The van der Waals surface area contributed by atoms with Gasteiger partial charge in [-0.25, -0.2) is 13.4 Å². The molecule has 4 aromatic rings. The Hall–Kier alpha value is -3.08. The number of benzene rings is 2. The van der Waals surface area contributed by atoms with Crippen LogP contribution >= 0.6 is 11.3 Å². The fraction of sp³-hybridized carbons (Fsp3) is 0.227. The maximum absolute atomic E-state index is 13.4. The SMILES string of the molecule is COC(=O)C1CCCN1S(=O)(=O)c1ccc2nccc(Nc3ccc4scnc4c3)c2c1. The number of carbonyl (C=O) groups excluding carboxylic acids is 1. The van der Waals surface area contributed by atoms with Gasteiger partial charge >= 0.3 is 5.97 Å². The predicted octanol–water partition coefficient (Wildman–Crippen LogP) is 3.91. The molecule has 0 spiro atoms. The highest BCUT2D eigenvalue weighted by atomic mass is 32.2. The van der Waals surface area contributed by atoms with Crippen molar-refractivity contribution >= 4 is 59.8 Å². The van der Waals surface area contributed by atoms with E-state index < -0.39 is 22.0 Å². The molecule has 0 saturated carbocycles. The molecule has 1 fully saturated rings. The number of sulfonamides is 1. The van der Waals surface area contributed by atoms with Crippen molar-refractivity contribution in [2.75, 3.05) is 19.0 Å².